The lowest BCUT2D eigenvalue weighted by Crippen LogP contribution is -2.53. The van der Waals surface area contributed by atoms with E-state index in [-0.39, 0.29) is 0 Å². The summed E-state index contributed by atoms with van der Waals surface area (Å²) in [6.07, 6.45) is 6.81. The molecular weight excluding hydrogens is 276 g/mol. The highest BCUT2D eigenvalue weighted by Gasteiger charge is 2.43. The average molecular weight is 297 g/mol. The number of aliphatic hydroxyl groups is 1. The smallest absolute Gasteiger partial charge is 0.224 e. The molecule has 1 aromatic heterocycles. The van der Waals surface area contributed by atoms with Crippen LogP contribution in [0.1, 0.15) is 32.1 Å². The molecule has 0 spiro atoms. The number of hydrogen-bond acceptors (Lipinski definition) is 5. The van der Waals surface area contributed by atoms with E-state index in [1.807, 2.05) is 0 Å². The second-order valence-electron chi connectivity index (χ2n) is 5.86. The number of anilines is 2. The average Bonchev–Trinajstić information content (AvgIpc) is 2.47. The summed E-state index contributed by atoms with van der Waals surface area (Å²) in [6.45, 7) is 1.63. The third-order valence-electron chi connectivity index (χ3n) is 4.68. The quantitative estimate of drug-likeness (QED) is 0.877. The Morgan fingerprint density at radius 3 is 3.10 bits per heavy atom. The van der Waals surface area contributed by atoms with Crippen molar-refractivity contribution in [3.8, 4) is 0 Å². The van der Waals surface area contributed by atoms with Crippen molar-refractivity contribution >= 4 is 23.4 Å². The molecule has 0 aromatic carbocycles. The van der Waals surface area contributed by atoms with Crippen LogP contribution in [0.5, 0.6) is 0 Å². The fourth-order valence-electron chi connectivity index (χ4n) is 3.46. The maximum atomic E-state index is 10.7. The molecule has 1 aliphatic carbocycles. The van der Waals surface area contributed by atoms with Gasteiger partial charge in [-0.15, -0.1) is 0 Å². The highest BCUT2D eigenvalue weighted by Crippen LogP contribution is 2.41. The number of halogens is 1. The second-order valence-corrected chi connectivity index (χ2v) is 6.26. The van der Waals surface area contributed by atoms with Gasteiger partial charge in [0.25, 0.3) is 0 Å². The van der Waals surface area contributed by atoms with Crippen molar-refractivity contribution < 1.29 is 5.11 Å². The predicted molar refractivity (Wildman–Crippen MR) is 80.3 cm³/mol. The maximum absolute atomic E-state index is 10.7. The van der Waals surface area contributed by atoms with Crippen molar-refractivity contribution in [3.05, 3.63) is 11.2 Å². The van der Waals surface area contributed by atoms with Crippen LogP contribution in [0, 0.1) is 5.92 Å². The van der Waals surface area contributed by atoms with Gasteiger partial charge in [0.2, 0.25) is 5.95 Å². The van der Waals surface area contributed by atoms with Gasteiger partial charge in [-0.05, 0) is 19.3 Å². The molecule has 0 radical (unpaired) electrons. The number of hydrogen-bond donors (Lipinski definition) is 2. The Morgan fingerprint density at radius 1 is 1.45 bits per heavy atom. The Labute approximate surface area is 124 Å². The minimum Gasteiger partial charge on any atom is -0.389 e. The van der Waals surface area contributed by atoms with Crippen LogP contribution in [0.15, 0.2) is 6.20 Å². The largest absolute Gasteiger partial charge is 0.389 e. The van der Waals surface area contributed by atoms with Gasteiger partial charge in [0.1, 0.15) is 5.02 Å². The Hall–Kier alpha value is -1.07. The molecule has 3 rings (SSSR count). The topological polar surface area (TPSA) is 61.3 Å². The molecule has 0 bridgehead atoms. The van der Waals surface area contributed by atoms with E-state index in [2.05, 4.69) is 20.2 Å². The zero-order valence-electron chi connectivity index (χ0n) is 11.8. The first-order valence-corrected chi connectivity index (χ1v) is 7.68. The van der Waals surface area contributed by atoms with Crippen LogP contribution >= 0.6 is 11.6 Å². The first-order chi connectivity index (χ1) is 9.62. The van der Waals surface area contributed by atoms with Gasteiger partial charge in [-0.3, -0.25) is 0 Å². The molecule has 1 saturated carbocycles. The normalized spacial score (nSPS) is 29.9. The number of rotatable bonds is 2. The molecule has 0 amide bonds. The van der Waals surface area contributed by atoms with Gasteiger partial charge in [0.15, 0.2) is 5.82 Å². The molecule has 2 aliphatic rings. The number of fused-ring (bicyclic) bond motifs is 1. The van der Waals surface area contributed by atoms with Gasteiger partial charge in [0.05, 0.1) is 11.8 Å². The highest BCUT2D eigenvalue weighted by atomic mass is 35.5. The molecular formula is C14H21ClN4O. The molecule has 110 valence electrons. The Balaban J connectivity index is 1.82. The highest BCUT2D eigenvalue weighted by molar-refractivity contribution is 6.32. The SMILES string of the molecule is CNc1ncc(Cl)c(N2CCC3(O)CCCCC3C2)n1. The van der Waals surface area contributed by atoms with E-state index in [0.717, 1.165) is 44.6 Å². The fourth-order valence-corrected chi connectivity index (χ4v) is 3.67. The van der Waals surface area contributed by atoms with Crippen LogP contribution in [0.25, 0.3) is 0 Å². The fraction of sp³-hybridized carbons (Fsp3) is 0.714. The second kappa shape index (κ2) is 5.37. The van der Waals surface area contributed by atoms with E-state index in [1.165, 1.54) is 6.42 Å². The molecule has 20 heavy (non-hydrogen) atoms. The number of nitrogens with one attached hydrogen (secondary N) is 1. The molecule has 6 heteroatoms. The van der Waals surface area contributed by atoms with Crippen LogP contribution in [0.3, 0.4) is 0 Å². The lowest BCUT2D eigenvalue weighted by atomic mass is 9.71. The molecule has 1 aromatic rings. The Morgan fingerprint density at radius 2 is 2.30 bits per heavy atom. The van der Waals surface area contributed by atoms with Crippen molar-refractivity contribution in [1.29, 1.82) is 0 Å². The summed E-state index contributed by atoms with van der Waals surface area (Å²) in [7, 11) is 1.79. The summed E-state index contributed by atoms with van der Waals surface area (Å²) >= 11 is 6.24. The van der Waals surface area contributed by atoms with Gasteiger partial charge in [-0.25, -0.2) is 4.98 Å². The monoisotopic (exact) mass is 296 g/mol. The first-order valence-electron chi connectivity index (χ1n) is 7.30. The Kier molecular flexibility index (Phi) is 3.73. The van der Waals surface area contributed by atoms with Crippen molar-refractivity contribution in [2.75, 3.05) is 30.4 Å². The van der Waals surface area contributed by atoms with Crippen LogP contribution in [0.4, 0.5) is 11.8 Å². The molecule has 1 saturated heterocycles. The molecule has 2 unspecified atom stereocenters. The summed E-state index contributed by atoms with van der Waals surface area (Å²) in [5.74, 6) is 1.68. The van der Waals surface area contributed by atoms with E-state index in [9.17, 15) is 5.11 Å². The van der Waals surface area contributed by atoms with Crippen LogP contribution in [-0.4, -0.2) is 40.8 Å². The van der Waals surface area contributed by atoms with E-state index in [4.69, 9.17) is 11.6 Å². The number of piperidine rings is 1. The third kappa shape index (κ3) is 2.44. The number of aromatic nitrogens is 2. The number of nitrogens with zero attached hydrogens (tertiary/aromatic N) is 3. The van der Waals surface area contributed by atoms with Gasteiger partial charge in [-0.1, -0.05) is 24.4 Å². The van der Waals surface area contributed by atoms with E-state index in [1.54, 1.807) is 13.2 Å². The van der Waals surface area contributed by atoms with Crippen LogP contribution in [-0.2, 0) is 0 Å². The van der Waals surface area contributed by atoms with Crippen molar-refractivity contribution in [2.45, 2.75) is 37.7 Å². The zero-order chi connectivity index (χ0) is 14.2. The summed E-state index contributed by atoms with van der Waals surface area (Å²) in [5.41, 5.74) is -0.472. The molecule has 2 heterocycles. The van der Waals surface area contributed by atoms with Gasteiger partial charge < -0.3 is 15.3 Å². The van der Waals surface area contributed by atoms with Crippen molar-refractivity contribution in [2.24, 2.45) is 5.92 Å². The van der Waals surface area contributed by atoms with E-state index in [0.29, 0.717) is 16.9 Å². The summed E-state index contributed by atoms with van der Waals surface area (Å²) in [5, 5.41) is 14.2. The van der Waals surface area contributed by atoms with Crippen LogP contribution in [0.2, 0.25) is 5.02 Å². The van der Waals surface area contributed by atoms with E-state index < -0.39 is 5.60 Å². The summed E-state index contributed by atoms with van der Waals surface area (Å²) < 4.78 is 0. The lowest BCUT2D eigenvalue weighted by molar-refractivity contribution is -0.0613. The molecule has 1 aliphatic heterocycles. The van der Waals surface area contributed by atoms with Gasteiger partial charge in [0, 0.05) is 26.1 Å². The molecule has 2 N–H and O–H groups in total. The lowest BCUT2D eigenvalue weighted by Gasteiger charge is -2.47. The standard InChI is InChI=1S/C14H21ClN4O/c1-16-13-17-8-11(15)12(18-13)19-7-6-14(20)5-3-2-4-10(14)9-19/h8,10,20H,2-7,9H2,1H3,(H,16,17,18). The Bertz CT molecular complexity index is 498. The maximum Gasteiger partial charge on any atom is 0.224 e. The van der Waals surface area contributed by atoms with E-state index >= 15 is 0 Å². The minimum absolute atomic E-state index is 0.328. The van der Waals surface area contributed by atoms with Gasteiger partial charge in [-0.2, -0.15) is 4.98 Å². The summed E-state index contributed by atoms with van der Waals surface area (Å²) in [6, 6.07) is 0. The minimum atomic E-state index is -0.472. The molecule has 2 fully saturated rings. The predicted octanol–water partition coefficient (Wildman–Crippen LogP) is 2.30. The first kappa shape index (κ1) is 13.9. The van der Waals surface area contributed by atoms with Crippen molar-refractivity contribution in [3.63, 3.8) is 0 Å². The third-order valence-corrected chi connectivity index (χ3v) is 4.94. The van der Waals surface area contributed by atoms with Crippen LogP contribution < -0.4 is 10.2 Å². The molecule has 5 nitrogen and oxygen atoms in total. The zero-order valence-corrected chi connectivity index (χ0v) is 12.5. The molecule has 2 atom stereocenters. The van der Waals surface area contributed by atoms with Gasteiger partial charge >= 0.3 is 0 Å². The van der Waals surface area contributed by atoms with Crippen molar-refractivity contribution in [1.82, 2.24) is 9.97 Å². The summed E-state index contributed by atoms with van der Waals surface area (Å²) in [4.78, 5) is 10.8.